The molecule has 1 saturated heterocycles. The second-order valence-corrected chi connectivity index (χ2v) is 21.2. The number of aromatic nitrogens is 1. The van der Waals surface area contributed by atoms with E-state index in [1.807, 2.05) is 54.8 Å². The van der Waals surface area contributed by atoms with E-state index in [9.17, 15) is 32.4 Å². The number of nitrogens with one attached hydrogen (secondary N) is 5. The zero-order valence-corrected chi connectivity index (χ0v) is 36.7. The van der Waals surface area contributed by atoms with E-state index in [4.69, 9.17) is 4.74 Å². The number of likely N-dealkylation sites (tertiary alicyclic amines) is 1. The van der Waals surface area contributed by atoms with Gasteiger partial charge in [0, 0.05) is 35.0 Å². The maximum atomic E-state index is 14.6. The van der Waals surface area contributed by atoms with Crippen molar-refractivity contribution in [2.75, 3.05) is 11.9 Å². The number of nitrogens with zero attached hydrogens (tertiary/aromatic N) is 2. The molecule has 17 heteroatoms. The summed E-state index contributed by atoms with van der Waals surface area (Å²) in [6.45, 7) is 16.2. The van der Waals surface area contributed by atoms with Crippen molar-refractivity contribution in [1.29, 1.82) is 0 Å². The lowest BCUT2D eigenvalue weighted by Crippen LogP contribution is -2.61. The molecule has 2 aromatic carbocycles. The summed E-state index contributed by atoms with van der Waals surface area (Å²) in [6.07, 6.45) is 2.21. The van der Waals surface area contributed by atoms with E-state index in [1.165, 1.54) is 22.3 Å². The van der Waals surface area contributed by atoms with Crippen LogP contribution in [0.15, 0.2) is 72.8 Å². The first-order chi connectivity index (χ1) is 28.1. The van der Waals surface area contributed by atoms with Gasteiger partial charge in [0.1, 0.15) is 28.7 Å². The minimum absolute atomic E-state index is 0.0787. The van der Waals surface area contributed by atoms with Crippen molar-refractivity contribution in [2.24, 2.45) is 11.3 Å². The number of benzene rings is 2. The van der Waals surface area contributed by atoms with Crippen molar-refractivity contribution < 1.29 is 37.1 Å². The van der Waals surface area contributed by atoms with Gasteiger partial charge in [-0.2, -0.15) is 0 Å². The molecule has 3 aromatic rings. The number of hydrogen-bond acceptors (Lipinski definition) is 10. The first kappa shape index (κ1) is 44.3. The number of amides is 6. The Morgan fingerprint density at radius 1 is 1.05 bits per heavy atom. The van der Waals surface area contributed by atoms with Crippen LogP contribution in [0.1, 0.15) is 78.4 Å². The Labute approximate surface area is 355 Å². The molecule has 1 aromatic heterocycles. The third-order valence-corrected chi connectivity index (χ3v) is 14.1. The van der Waals surface area contributed by atoms with Crippen LogP contribution in [0, 0.1) is 18.3 Å². The van der Waals surface area contributed by atoms with Gasteiger partial charge in [0.25, 0.3) is 5.91 Å². The lowest BCUT2D eigenvalue weighted by atomic mass is 9.85. The third-order valence-electron chi connectivity index (χ3n) is 11.1. The largest absolute Gasteiger partial charge is 0.444 e. The Balaban J connectivity index is 1.24. The molecule has 3 fully saturated rings. The van der Waals surface area contributed by atoms with Crippen molar-refractivity contribution in [3.63, 3.8) is 0 Å². The van der Waals surface area contributed by atoms with Gasteiger partial charge in [-0.05, 0) is 82.1 Å². The molecular formula is C43H55N7O8S2. The van der Waals surface area contributed by atoms with E-state index in [0.717, 1.165) is 11.1 Å². The topological polar surface area (TPSA) is 205 Å². The molecule has 5 N–H and O–H groups in total. The van der Waals surface area contributed by atoms with Gasteiger partial charge >= 0.3 is 12.1 Å². The molecule has 0 radical (unpaired) electrons. The van der Waals surface area contributed by atoms with Gasteiger partial charge in [0.2, 0.25) is 21.8 Å². The minimum Gasteiger partial charge on any atom is -0.444 e. The zero-order chi connectivity index (χ0) is 43.8. The van der Waals surface area contributed by atoms with Crippen LogP contribution in [-0.4, -0.2) is 88.7 Å². The Kier molecular flexibility index (Phi) is 12.3. The van der Waals surface area contributed by atoms with Crippen LogP contribution in [-0.2, 0) is 35.6 Å². The number of ether oxygens (including phenoxy) is 1. The Morgan fingerprint density at radius 3 is 2.33 bits per heavy atom. The highest BCUT2D eigenvalue weighted by Gasteiger charge is 2.63. The summed E-state index contributed by atoms with van der Waals surface area (Å²) < 4.78 is 34.6. The molecule has 0 bridgehead atoms. The van der Waals surface area contributed by atoms with Crippen LogP contribution in [0.4, 0.5) is 15.3 Å². The van der Waals surface area contributed by atoms with Crippen LogP contribution in [0.3, 0.4) is 0 Å². The van der Waals surface area contributed by atoms with Crippen LogP contribution in [0.25, 0.3) is 10.6 Å². The summed E-state index contributed by atoms with van der Waals surface area (Å²) in [4.78, 5) is 75.4. The van der Waals surface area contributed by atoms with Crippen molar-refractivity contribution in [1.82, 2.24) is 30.6 Å². The Morgan fingerprint density at radius 2 is 1.75 bits per heavy atom. The summed E-state index contributed by atoms with van der Waals surface area (Å²) in [6, 6.07) is 11.7. The molecule has 2 heterocycles. The molecule has 2 aliphatic carbocycles. The van der Waals surface area contributed by atoms with Gasteiger partial charge in [0.15, 0.2) is 0 Å². The molecule has 2 saturated carbocycles. The van der Waals surface area contributed by atoms with E-state index < -0.39 is 85.2 Å². The van der Waals surface area contributed by atoms with Gasteiger partial charge in [-0.1, -0.05) is 63.2 Å². The smallest absolute Gasteiger partial charge is 0.411 e. The van der Waals surface area contributed by atoms with Crippen LogP contribution >= 0.6 is 11.3 Å². The predicted octanol–water partition coefficient (Wildman–Crippen LogP) is 5.43. The lowest BCUT2D eigenvalue weighted by molar-refractivity contribution is -0.142. The average Bonchev–Trinajstić information content (AvgIpc) is 3.95. The number of carbonyl (C=O) groups excluding carboxylic acids is 5. The summed E-state index contributed by atoms with van der Waals surface area (Å²) in [7, 11) is -4.18. The second kappa shape index (κ2) is 16.6. The average molecular weight is 862 g/mol. The molecule has 15 nitrogen and oxygen atoms in total. The molecule has 3 aliphatic rings. The summed E-state index contributed by atoms with van der Waals surface area (Å²) in [5.74, 6) is -2.87. The molecule has 5 atom stereocenters. The fraction of sp³-hybridized carbons (Fsp3) is 0.488. The first-order valence-electron chi connectivity index (χ1n) is 20.0. The number of aryl methyl sites for hydroxylation is 1. The lowest BCUT2D eigenvalue weighted by Gasteiger charge is -2.36. The standard InChI is InChI=1S/C43H55N7O8S2/c1-9-28-24-43(28,37(53)49-60(56,57)42(17-18-42)23-27-13-11-10-12-14-27)47-34(51)32-22-29(25-50(32)36(52)33(40(3,4)5)46-38(54)48-41(6,7)8)58-39(55)45-31-21-26(2)15-16-30(31)35-44-19-20-59-35/h9-16,19-21,28-29,32-33H,1,17-18,22-25H2,2-8H3,(H,45,55)(H,47,51)(H,49,53)(H2,46,48,54)/t28?,29-,32+,33-,43-/m1/s1. The zero-order valence-electron chi connectivity index (χ0n) is 35.1. The number of anilines is 1. The highest BCUT2D eigenvalue weighted by atomic mass is 32.2. The number of sulfonamides is 1. The molecule has 0 spiro atoms. The quantitative estimate of drug-likeness (QED) is 0.139. The molecule has 6 rings (SSSR count). The molecular weight excluding hydrogens is 807 g/mol. The van der Waals surface area contributed by atoms with Crippen molar-refractivity contribution in [2.45, 2.75) is 115 Å². The van der Waals surface area contributed by atoms with Crippen molar-refractivity contribution in [3.8, 4) is 10.6 Å². The van der Waals surface area contributed by atoms with Crippen LogP contribution in [0.5, 0.6) is 0 Å². The number of thiazole rings is 1. The fourth-order valence-corrected chi connectivity index (χ4v) is 9.92. The number of carbonyl (C=O) groups is 5. The minimum atomic E-state index is -4.18. The molecule has 322 valence electrons. The second-order valence-electron chi connectivity index (χ2n) is 18.2. The van der Waals surface area contributed by atoms with Crippen LogP contribution < -0.4 is 26.0 Å². The Bertz CT molecular complexity index is 2250. The molecule has 1 unspecified atom stereocenters. The molecule has 60 heavy (non-hydrogen) atoms. The van der Waals surface area contributed by atoms with Gasteiger partial charge in [0.05, 0.1) is 17.0 Å². The van der Waals surface area contributed by atoms with E-state index in [1.54, 1.807) is 53.8 Å². The van der Waals surface area contributed by atoms with Gasteiger partial charge in [-0.25, -0.2) is 23.0 Å². The SMILES string of the molecule is C=CC1C[C@]1(NC(=O)[C@@H]1C[C@@H](OC(=O)Nc2cc(C)ccc2-c2nccs2)CN1C(=O)[C@@H](NC(=O)NC(C)(C)C)C(C)(C)C)C(=O)NS(=O)(=O)C1(Cc2ccccc2)CC1. The highest BCUT2D eigenvalue weighted by Crippen LogP contribution is 2.48. The van der Waals surface area contributed by atoms with Crippen molar-refractivity contribution >= 4 is 56.9 Å². The summed E-state index contributed by atoms with van der Waals surface area (Å²) in [5.41, 5.74) is -0.293. The first-order valence-corrected chi connectivity index (χ1v) is 22.4. The van der Waals surface area contributed by atoms with E-state index in [2.05, 4.69) is 37.6 Å². The van der Waals surface area contributed by atoms with Gasteiger partial charge < -0.3 is 25.6 Å². The normalized spacial score (nSPS) is 22.4. The number of hydrogen-bond donors (Lipinski definition) is 5. The maximum Gasteiger partial charge on any atom is 0.411 e. The molecule has 6 amide bonds. The fourth-order valence-electron chi connectivity index (χ4n) is 7.60. The van der Waals surface area contributed by atoms with E-state index in [0.29, 0.717) is 29.1 Å². The summed E-state index contributed by atoms with van der Waals surface area (Å²) >= 11 is 1.40. The number of urea groups is 1. The molecule has 1 aliphatic heterocycles. The third kappa shape index (κ3) is 9.84. The van der Waals surface area contributed by atoms with Gasteiger partial charge in [-0.15, -0.1) is 17.9 Å². The van der Waals surface area contributed by atoms with E-state index in [-0.39, 0.29) is 25.8 Å². The summed E-state index contributed by atoms with van der Waals surface area (Å²) in [5, 5.41) is 13.7. The van der Waals surface area contributed by atoms with Crippen molar-refractivity contribution in [3.05, 3.63) is 83.9 Å². The Hall–Kier alpha value is -5.29. The van der Waals surface area contributed by atoms with E-state index >= 15 is 0 Å². The highest BCUT2D eigenvalue weighted by molar-refractivity contribution is 7.91. The predicted molar refractivity (Wildman–Crippen MR) is 229 cm³/mol. The van der Waals surface area contributed by atoms with Crippen LogP contribution in [0.2, 0.25) is 0 Å². The monoisotopic (exact) mass is 861 g/mol. The van der Waals surface area contributed by atoms with Gasteiger partial charge in [-0.3, -0.25) is 24.4 Å². The maximum absolute atomic E-state index is 14.6. The number of rotatable bonds is 13.